The maximum atomic E-state index is 12.7. The molecular weight excluding hydrogens is 460 g/mol. The Hall–Kier alpha value is -2.43. The molecule has 180 valence electrons. The van der Waals surface area contributed by atoms with Crippen LogP contribution in [0, 0.1) is 5.92 Å². The van der Waals surface area contributed by atoms with E-state index in [1.165, 1.54) is 19.9 Å². The number of hydrogen-bond acceptors (Lipinski definition) is 9. The first-order chi connectivity index (χ1) is 14.6. The minimum absolute atomic E-state index is 0.194. The fourth-order valence-corrected chi connectivity index (χ4v) is 3.39. The number of ether oxygens (including phenoxy) is 4. The van der Waals surface area contributed by atoms with Crippen molar-refractivity contribution in [3.8, 4) is 0 Å². The summed E-state index contributed by atoms with van der Waals surface area (Å²) in [6.45, 7) is 1.93. The number of halogens is 6. The molecule has 3 heterocycles. The number of esters is 1. The average Bonchev–Trinajstić information content (AvgIpc) is 3.10. The van der Waals surface area contributed by atoms with Crippen LogP contribution >= 0.6 is 0 Å². The smallest absolute Gasteiger partial charge is 0.411 e. The fourth-order valence-electron chi connectivity index (χ4n) is 3.39. The molecule has 2 saturated heterocycles. The highest BCUT2D eigenvalue weighted by Gasteiger charge is 2.63. The molecule has 0 spiro atoms. The molecule has 0 bridgehead atoms. The lowest BCUT2D eigenvalue weighted by atomic mass is 10.1. The average molecular weight is 477 g/mol. The number of nitrogens with one attached hydrogen (secondary N) is 1. The zero-order valence-corrected chi connectivity index (χ0v) is 16.3. The van der Waals surface area contributed by atoms with Gasteiger partial charge in [0.1, 0.15) is 24.9 Å². The summed E-state index contributed by atoms with van der Waals surface area (Å²) in [6, 6.07) is 1.19. The third-order valence-corrected chi connectivity index (χ3v) is 4.62. The second kappa shape index (κ2) is 8.17. The maximum Gasteiger partial charge on any atom is 0.411 e. The highest BCUT2D eigenvalue weighted by Crippen LogP contribution is 2.43. The summed E-state index contributed by atoms with van der Waals surface area (Å²) >= 11 is 0. The van der Waals surface area contributed by atoms with Crippen molar-refractivity contribution < 1.29 is 55.3 Å². The molecule has 0 amide bonds. The van der Waals surface area contributed by atoms with Crippen LogP contribution in [-0.4, -0.2) is 63.8 Å². The number of nitrogens with zero attached hydrogens (tertiary/aromatic N) is 2. The molecule has 1 aromatic rings. The van der Waals surface area contributed by atoms with Crippen molar-refractivity contribution in [1.82, 2.24) is 9.55 Å². The molecule has 10 nitrogen and oxygen atoms in total. The van der Waals surface area contributed by atoms with Crippen molar-refractivity contribution >= 4 is 11.8 Å². The first-order valence-corrected chi connectivity index (χ1v) is 8.94. The van der Waals surface area contributed by atoms with Gasteiger partial charge < -0.3 is 18.9 Å². The summed E-state index contributed by atoms with van der Waals surface area (Å²) in [7, 11) is 0. The second-order valence-electron chi connectivity index (χ2n) is 7.39. The Morgan fingerprint density at radius 2 is 1.84 bits per heavy atom. The van der Waals surface area contributed by atoms with E-state index < -0.39 is 66.9 Å². The molecule has 0 unspecified atom stereocenters. The molecule has 2 aliphatic rings. The van der Waals surface area contributed by atoms with Crippen molar-refractivity contribution in [2.75, 3.05) is 12.1 Å². The first kappa shape index (κ1) is 24.2. The zero-order valence-electron chi connectivity index (χ0n) is 16.3. The van der Waals surface area contributed by atoms with Gasteiger partial charge in [-0.3, -0.25) is 20.0 Å². The minimum atomic E-state index is -5.91. The Bertz CT molecular complexity index is 905. The Labute approximate surface area is 175 Å². The monoisotopic (exact) mass is 477 g/mol. The van der Waals surface area contributed by atoms with E-state index in [2.05, 4.69) is 9.72 Å². The van der Waals surface area contributed by atoms with E-state index in [0.717, 1.165) is 10.8 Å². The van der Waals surface area contributed by atoms with Gasteiger partial charge in [0.05, 0.1) is 0 Å². The van der Waals surface area contributed by atoms with Crippen molar-refractivity contribution in [3.05, 3.63) is 22.7 Å². The number of rotatable bonds is 5. The number of aromatic nitrogens is 2. The molecule has 0 aliphatic carbocycles. The molecule has 16 heteroatoms. The molecular formula is C16H17F6N3O7. The Kier molecular flexibility index (Phi) is 6.18. The van der Waals surface area contributed by atoms with Crippen LogP contribution in [0.3, 0.4) is 0 Å². The van der Waals surface area contributed by atoms with Gasteiger partial charge in [-0.2, -0.15) is 31.3 Å². The molecule has 0 saturated carbocycles. The van der Waals surface area contributed by atoms with E-state index in [1.807, 2.05) is 0 Å². The lowest BCUT2D eigenvalue weighted by Gasteiger charge is -2.25. The molecule has 2 fully saturated rings. The summed E-state index contributed by atoms with van der Waals surface area (Å²) < 4.78 is 98.2. The van der Waals surface area contributed by atoms with Crippen LogP contribution in [-0.2, 0) is 23.7 Å². The van der Waals surface area contributed by atoms with Gasteiger partial charge in [-0.05, 0) is 19.9 Å². The van der Waals surface area contributed by atoms with Gasteiger partial charge in [-0.25, -0.2) is 4.79 Å². The Morgan fingerprint density at radius 1 is 1.25 bits per heavy atom. The van der Waals surface area contributed by atoms with Crippen LogP contribution in [0.15, 0.2) is 17.1 Å². The number of carbonyl (C=O) groups excluding carboxylic acids is 1. The SMILES string of the molecule is CC1(C)O[C@@H]2[C@H](O1)[C@@H](COC(=O)C(C(F)(F)F)C(F)(F)F)O[C@H]2n1ccc(NO)nc1=O. The number of anilines is 1. The van der Waals surface area contributed by atoms with Crippen LogP contribution in [0.25, 0.3) is 0 Å². The Morgan fingerprint density at radius 3 is 2.38 bits per heavy atom. The summed E-state index contributed by atoms with van der Waals surface area (Å²) in [5, 5.41) is 8.82. The fraction of sp³-hybridized carbons (Fsp3) is 0.688. The molecule has 2 N–H and O–H groups in total. The zero-order chi connectivity index (χ0) is 24.1. The molecule has 0 radical (unpaired) electrons. The van der Waals surface area contributed by atoms with E-state index in [0.29, 0.717) is 0 Å². The molecule has 4 atom stereocenters. The first-order valence-electron chi connectivity index (χ1n) is 8.94. The van der Waals surface area contributed by atoms with Gasteiger partial charge in [-0.1, -0.05) is 0 Å². The highest BCUT2D eigenvalue weighted by atomic mass is 19.4. The summed E-state index contributed by atoms with van der Waals surface area (Å²) in [6.07, 6.45) is -15.4. The second-order valence-corrected chi connectivity index (χ2v) is 7.39. The molecule has 32 heavy (non-hydrogen) atoms. The maximum absolute atomic E-state index is 12.7. The van der Waals surface area contributed by atoms with Crippen LogP contribution < -0.4 is 11.2 Å². The number of alkyl halides is 6. The van der Waals surface area contributed by atoms with Crippen LogP contribution in [0.1, 0.15) is 20.1 Å². The van der Waals surface area contributed by atoms with E-state index in [9.17, 15) is 35.9 Å². The van der Waals surface area contributed by atoms with Gasteiger partial charge in [0, 0.05) is 6.20 Å². The molecule has 0 aromatic carbocycles. The van der Waals surface area contributed by atoms with Gasteiger partial charge in [-0.15, -0.1) is 0 Å². The third-order valence-electron chi connectivity index (χ3n) is 4.62. The number of hydrogen-bond donors (Lipinski definition) is 2. The Balaban J connectivity index is 1.80. The summed E-state index contributed by atoms with van der Waals surface area (Å²) in [5.41, 5.74) is 0.736. The van der Waals surface area contributed by atoms with Crippen LogP contribution in [0.5, 0.6) is 0 Å². The third kappa shape index (κ3) is 4.82. The van der Waals surface area contributed by atoms with E-state index in [-0.39, 0.29) is 5.82 Å². The van der Waals surface area contributed by atoms with Crippen LogP contribution in [0.2, 0.25) is 0 Å². The minimum Gasteiger partial charge on any atom is -0.462 e. The highest BCUT2D eigenvalue weighted by molar-refractivity contribution is 5.74. The summed E-state index contributed by atoms with van der Waals surface area (Å²) in [5.74, 6) is -8.32. The predicted octanol–water partition coefficient (Wildman–Crippen LogP) is 1.75. The predicted molar refractivity (Wildman–Crippen MR) is 88.2 cm³/mol. The van der Waals surface area contributed by atoms with Crippen molar-refractivity contribution in [2.45, 2.75) is 56.5 Å². The van der Waals surface area contributed by atoms with Gasteiger partial charge in [0.15, 0.2) is 17.8 Å². The van der Waals surface area contributed by atoms with Crippen molar-refractivity contribution in [3.63, 3.8) is 0 Å². The lowest BCUT2D eigenvalue weighted by molar-refractivity contribution is -0.283. The van der Waals surface area contributed by atoms with E-state index >= 15 is 0 Å². The van der Waals surface area contributed by atoms with Crippen molar-refractivity contribution in [2.24, 2.45) is 5.92 Å². The summed E-state index contributed by atoms with van der Waals surface area (Å²) in [4.78, 5) is 27.3. The van der Waals surface area contributed by atoms with E-state index in [4.69, 9.17) is 19.4 Å². The van der Waals surface area contributed by atoms with E-state index in [1.54, 1.807) is 5.48 Å². The largest absolute Gasteiger partial charge is 0.462 e. The van der Waals surface area contributed by atoms with Crippen LogP contribution in [0.4, 0.5) is 32.2 Å². The number of fused-ring (bicyclic) bond motifs is 1. The molecule has 1 aromatic heterocycles. The normalized spacial score (nSPS) is 27.4. The quantitative estimate of drug-likeness (QED) is 0.371. The standard InChI is InChI=1S/C16H17F6N3O7/c1-14(2)31-8-6(5-29-12(26)10(15(17,18)19)16(20,21)22)30-11(9(8)32-14)25-4-3-7(24-28)23-13(25)27/h3-4,6,8-11,28H,5H2,1-2H3,(H,23,24,27)/t6-,8-,9-,11-/m1/s1. The van der Waals surface area contributed by atoms with Gasteiger partial charge in [0.25, 0.3) is 0 Å². The molecule has 3 rings (SSSR count). The molecule has 2 aliphatic heterocycles. The van der Waals surface area contributed by atoms with Crippen molar-refractivity contribution in [1.29, 1.82) is 0 Å². The topological polar surface area (TPSA) is 121 Å². The lowest BCUT2D eigenvalue weighted by Crippen LogP contribution is -2.44. The van der Waals surface area contributed by atoms with Gasteiger partial charge in [0.2, 0.25) is 5.92 Å². The van der Waals surface area contributed by atoms with Gasteiger partial charge >= 0.3 is 24.0 Å². The number of carbonyl (C=O) groups is 1.